The Morgan fingerprint density at radius 2 is 2.26 bits per heavy atom. The van der Waals surface area contributed by atoms with Crippen molar-refractivity contribution in [2.75, 3.05) is 7.11 Å². The molecule has 1 fully saturated rings. The Kier molecular flexibility index (Phi) is 3.11. The normalized spacial score (nSPS) is 17.4. The van der Waals surface area contributed by atoms with Crippen LogP contribution in [0.1, 0.15) is 36.2 Å². The summed E-state index contributed by atoms with van der Waals surface area (Å²) in [5, 5.41) is 1.39. The van der Waals surface area contributed by atoms with E-state index in [9.17, 15) is 4.79 Å². The van der Waals surface area contributed by atoms with Gasteiger partial charge >= 0.3 is 0 Å². The van der Waals surface area contributed by atoms with Gasteiger partial charge in [0.1, 0.15) is 0 Å². The van der Waals surface area contributed by atoms with Crippen molar-refractivity contribution < 1.29 is 13.9 Å². The topological polar surface area (TPSA) is 39.4 Å². The third-order valence-electron chi connectivity index (χ3n) is 3.95. The average molecular weight is 279 g/mol. The zero-order valence-electron chi connectivity index (χ0n) is 10.7. The third-order valence-corrected chi connectivity index (χ3v) is 4.25. The Morgan fingerprint density at radius 3 is 2.84 bits per heavy atom. The number of Topliss-reactive ketones (excluding diaryl/α,β-unsaturated/α-hetero) is 1. The Balaban J connectivity index is 1.87. The Hall–Kier alpha value is -1.32. The minimum Gasteiger partial charge on any atom is -0.451 e. The number of carbonyl (C=O) groups excluding carboxylic acids is 1. The second kappa shape index (κ2) is 4.66. The van der Waals surface area contributed by atoms with E-state index in [4.69, 9.17) is 20.8 Å². The highest BCUT2D eigenvalue weighted by atomic mass is 35.5. The molecule has 0 radical (unpaired) electrons. The van der Waals surface area contributed by atoms with Crippen LogP contribution in [0, 0.1) is 0 Å². The third kappa shape index (κ3) is 2.17. The zero-order chi connectivity index (χ0) is 13.5. The largest absolute Gasteiger partial charge is 0.451 e. The second-order valence-corrected chi connectivity index (χ2v) is 5.52. The number of para-hydroxylation sites is 1. The fourth-order valence-electron chi connectivity index (χ4n) is 2.57. The van der Waals surface area contributed by atoms with Crippen molar-refractivity contribution >= 4 is 28.4 Å². The standard InChI is InChI=1S/C15H15ClO3/c1-18-15(6-3-7-15)9-12(17)13-8-10-4-2-5-11(16)14(10)19-13/h2,4-5,8H,3,6-7,9H2,1H3. The Bertz CT molecular complexity index is 620. The van der Waals surface area contributed by atoms with Crippen LogP contribution in [0.5, 0.6) is 0 Å². The van der Waals surface area contributed by atoms with Crippen molar-refractivity contribution in [1.29, 1.82) is 0 Å². The molecule has 1 heterocycles. The molecule has 1 saturated carbocycles. The lowest BCUT2D eigenvalue weighted by atomic mass is 9.76. The van der Waals surface area contributed by atoms with E-state index in [0.717, 1.165) is 24.6 Å². The van der Waals surface area contributed by atoms with Gasteiger partial charge in [-0.15, -0.1) is 0 Å². The molecule has 1 aromatic heterocycles. The number of furan rings is 1. The van der Waals surface area contributed by atoms with Crippen molar-refractivity contribution in [2.24, 2.45) is 0 Å². The van der Waals surface area contributed by atoms with Gasteiger partial charge in [-0.3, -0.25) is 4.79 Å². The Morgan fingerprint density at radius 1 is 1.47 bits per heavy atom. The van der Waals surface area contributed by atoms with Crippen LogP contribution in [0.3, 0.4) is 0 Å². The lowest BCUT2D eigenvalue weighted by molar-refractivity contribution is -0.0707. The maximum absolute atomic E-state index is 12.3. The Labute approximate surface area is 116 Å². The maximum Gasteiger partial charge on any atom is 0.200 e. The fraction of sp³-hybridized carbons (Fsp3) is 0.400. The molecule has 0 atom stereocenters. The summed E-state index contributed by atoms with van der Waals surface area (Å²) in [6.45, 7) is 0. The molecule has 4 heteroatoms. The molecule has 19 heavy (non-hydrogen) atoms. The molecule has 0 spiro atoms. The molecule has 0 aliphatic heterocycles. The van der Waals surface area contributed by atoms with Gasteiger partial charge in [-0.25, -0.2) is 0 Å². The molecule has 100 valence electrons. The van der Waals surface area contributed by atoms with Crippen LogP contribution >= 0.6 is 11.6 Å². The number of ketones is 1. The summed E-state index contributed by atoms with van der Waals surface area (Å²) in [6.07, 6.45) is 3.38. The lowest BCUT2D eigenvalue weighted by Crippen LogP contribution is -2.41. The molecule has 3 nitrogen and oxygen atoms in total. The quantitative estimate of drug-likeness (QED) is 0.786. The first-order chi connectivity index (χ1) is 9.13. The van der Waals surface area contributed by atoms with Gasteiger partial charge in [0.2, 0.25) is 5.78 Å². The van der Waals surface area contributed by atoms with Crippen LogP contribution in [0.4, 0.5) is 0 Å². The molecule has 0 saturated heterocycles. The number of fused-ring (bicyclic) bond motifs is 1. The van der Waals surface area contributed by atoms with E-state index in [2.05, 4.69) is 0 Å². The van der Waals surface area contributed by atoms with Gasteiger partial charge in [0, 0.05) is 18.9 Å². The first kappa shape index (κ1) is 12.7. The van der Waals surface area contributed by atoms with Crippen molar-refractivity contribution in [3.8, 4) is 0 Å². The second-order valence-electron chi connectivity index (χ2n) is 5.11. The fourth-order valence-corrected chi connectivity index (χ4v) is 2.79. The monoisotopic (exact) mass is 278 g/mol. The van der Waals surface area contributed by atoms with Crippen molar-refractivity contribution in [3.63, 3.8) is 0 Å². The van der Waals surface area contributed by atoms with Crippen LogP contribution in [-0.2, 0) is 4.74 Å². The summed E-state index contributed by atoms with van der Waals surface area (Å²) in [5.74, 6) is 0.347. The molecule has 0 unspecified atom stereocenters. The summed E-state index contributed by atoms with van der Waals surface area (Å²) < 4.78 is 11.1. The van der Waals surface area contributed by atoms with E-state index in [1.165, 1.54) is 0 Å². The van der Waals surface area contributed by atoms with Gasteiger partial charge < -0.3 is 9.15 Å². The lowest BCUT2D eigenvalue weighted by Gasteiger charge is -2.39. The maximum atomic E-state index is 12.3. The predicted molar refractivity (Wildman–Crippen MR) is 73.8 cm³/mol. The molecule has 0 amide bonds. The minimum atomic E-state index is -0.278. The number of methoxy groups -OCH3 is 1. The molecule has 2 aromatic rings. The van der Waals surface area contributed by atoms with Gasteiger partial charge in [-0.2, -0.15) is 0 Å². The summed E-state index contributed by atoms with van der Waals surface area (Å²) in [5.41, 5.74) is 0.299. The predicted octanol–water partition coefficient (Wildman–Crippen LogP) is 4.23. The van der Waals surface area contributed by atoms with Gasteiger partial charge in [0.05, 0.1) is 10.6 Å². The van der Waals surface area contributed by atoms with Crippen molar-refractivity contribution in [1.82, 2.24) is 0 Å². The van der Waals surface area contributed by atoms with E-state index >= 15 is 0 Å². The molecule has 0 bridgehead atoms. The first-order valence-corrected chi connectivity index (χ1v) is 6.78. The van der Waals surface area contributed by atoms with Crippen LogP contribution < -0.4 is 0 Å². The van der Waals surface area contributed by atoms with Crippen LogP contribution in [0.15, 0.2) is 28.7 Å². The van der Waals surface area contributed by atoms with Crippen molar-refractivity contribution in [3.05, 3.63) is 35.0 Å². The van der Waals surface area contributed by atoms with Gasteiger partial charge in [0.15, 0.2) is 11.3 Å². The van der Waals surface area contributed by atoms with E-state index < -0.39 is 0 Å². The highest BCUT2D eigenvalue weighted by molar-refractivity contribution is 6.34. The molecule has 1 aromatic carbocycles. The number of halogens is 1. The molecule has 3 rings (SSSR count). The zero-order valence-corrected chi connectivity index (χ0v) is 11.5. The number of hydrogen-bond donors (Lipinski definition) is 0. The molecule has 0 N–H and O–H groups in total. The first-order valence-electron chi connectivity index (χ1n) is 6.40. The number of ether oxygens (including phenoxy) is 1. The highest BCUT2D eigenvalue weighted by Gasteiger charge is 2.39. The van der Waals surface area contributed by atoms with E-state index in [0.29, 0.717) is 22.8 Å². The summed E-state index contributed by atoms with van der Waals surface area (Å²) in [7, 11) is 1.67. The van der Waals surface area contributed by atoms with Crippen LogP contribution in [-0.4, -0.2) is 18.5 Å². The summed E-state index contributed by atoms with van der Waals surface area (Å²) >= 11 is 6.04. The van der Waals surface area contributed by atoms with E-state index in [1.807, 2.05) is 12.1 Å². The smallest absolute Gasteiger partial charge is 0.200 e. The molecule has 1 aliphatic carbocycles. The molecular weight excluding hydrogens is 264 g/mol. The molecule has 1 aliphatic rings. The number of carbonyl (C=O) groups is 1. The number of rotatable bonds is 4. The number of hydrogen-bond acceptors (Lipinski definition) is 3. The van der Waals surface area contributed by atoms with Gasteiger partial charge in [-0.1, -0.05) is 23.7 Å². The minimum absolute atomic E-state index is 0.0196. The van der Waals surface area contributed by atoms with E-state index in [1.54, 1.807) is 19.2 Å². The van der Waals surface area contributed by atoms with Gasteiger partial charge in [-0.05, 0) is 31.4 Å². The number of benzene rings is 1. The van der Waals surface area contributed by atoms with Crippen LogP contribution in [0.2, 0.25) is 5.02 Å². The van der Waals surface area contributed by atoms with Gasteiger partial charge in [0.25, 0.3) is 0 Å². The van der Waals surface area contributed by atoms with E-state index in [-0.39, 0.29) is 11.4 Å². The molecular formula is C15H15ClO3. The average Bonchev–Trinajstić information content (AvgIpc) is 2.79. The summed E-state index contributed by atoms with van der Waals surface area (Å²) in [4.78, 5) is 12.3. The summed E-state index contributed by atoms with van der Waals surface area (Å²) in [6, 6.07) is 7.24. The highest BCUT2D eigenvalue weighted by Crippen LogP contribution is 2.39. The van der Waals surface area contributed by atoms with Crippen molar-refractivity contribution in [2.45, 2.75) is 31.3 Å². The SMILES string of the molecule is COC1(CC(=O)c2cc3cccc(Cl)c3o2)CCC1. The van der Waals surface area contributed by atoms with Crippen LogP contribution in [0.25, 0.3) is 11.0 Å².